The second-order valence-electron chi connectivity index (χ2n) is 9.54. The van der Waals surface area contributed by atoms with Gasteiger partial charge in [-0.05, 0) is 61.0 Å². The maximum atomic E-state index is 13.5. The molecule has 240 valence electrons. The van der Waals surface area contributed by atoms with E-state index in [9.17, 15) is 48.0 Å². The number of benzene rings is 3. The van der Waals surface area contributed by atoms with Crippen molar-refractivity contribution < 1.29 is 52.7 Å². The number of hydrogen-bond donors (Lipinski definition) is 2. The molecule has 2 N–H and O–H groups in total. The van der Waals surface area contributed by atoms with Gasteiger partial charge in [-0.2, -0.15) is 21.6 Å². The van der Waals surface area contributed by atoms with Crippen LogP contribution in [0, 0.1) is 6.92 Å². The lowest BCUT2D eigenvalue weighted by Crippen LogP contribution is -2.29. The van der Waals surface area contributed by atoms with Gasteiger partial charge < -0.3 is 4.74 Å². The molecule has 20 heteroatoms. The van der Waals surface area contributed by atoms with Gasteiger partial charge in [-0.15, -0.1) is 13.2 Å². The minimum absolute atomic E-state index is 0.00181. The van der Waals surface area contributed by atoms with Gasteiger partial charge in [0.15, 0.2) is 5.75 Å². The highest BCUT2D eigenvalue weighted by Crippen LogP contribution is 2.35. The highest BCUT2D eigenvalue weighted by atomic mass is 79.9. The van der Waals surface area contributed by atoms with Crippen molar-refractivity contribution in [3.05, 3.63) is 76.0 Å². The molecule has 1 aromatic heterocycles. The van der Waals surface area contributed by atoms with E-state index in [1.54, 1.807) is 6.92 Å². The predicted molar refractivity (Wildman–Crippen MR) is 150 cm³/mol. The van der Waals surface area contributed by atoms with Gasteiger partial charge >= 0.3 is 22.7 Å². The number of aryl methyl sites for hydroxylation is 1. The van der Waals surface area contributed by atoms with Crippen LogP contribution in [0.2, 0.25) is 0 Å². The Labute approximate surface area is 259 Å². The van der Waals surface area contributed by atoms with Crippen molar-refractivity contribution in [2.24, 2.45) is 0 Å². The second kappa shape index (κ2) is 11.2. The highest BCUT2D eigenvalue weighted by Gasteiger charge is 2.36. The second-order valence-corrected chi connectivity index (χ2v) is 13.8. The molecule has 0 unspecified atom stereocenters. The summed E-state index contributed by atoms with van der Waals surface area (Å²) in [5.74, 6) is -2.06. The van der Waals surface area contributed by atoms with E-state index in [2.05, 4.69) is 30.4 Å². The van der Waals surface area contributed by atoms with E-state index in [0.29, 0.717) is 5.56 Å². The number of imidazole rings is 1. The van der Waals surface area contributed by atoms with E-state index in [0.717, 1.165) is 40.7 Å². The molecule has 5 rings (SSSR count). The number of fused-ring (bicyclic) bond motifs is 1. The predicted octanol–water partition coefficient (Wildman–Crippen LogP) is 4.67. The number of carbonyl (C=O) groups excluding carboxylic acids is 1. The number of rotatable bonds is 7. The Bertz CT molecular complexity index is 2070. The first kappa shape index (κ1) is 32.5. The summed E-state index contributed by atoms with van der Waals surface area (Å²) in [7, 11) is -9.01. The summed E-state index contributed by atoms with van der Waals surface area (Å²) in [6.45, 7) is 0.283. The first-order chi connectivity index (χ1) is 20.7. The minimum atomic E-state index is -5.24. The third-order valence-corrected chi connectivity index (χ3v) is 9.77. The van der Waals surface area contributed by atoms with Gasteiger partial charge in [-0.25, -0.2) is 27.2 Å². The number of anilines is 1. The number of hydrogen-bond acceptors (Lipinski definition) is 7. The van der Waals surface area contributed by atoms with E-state index in [1.165, 1.54) is 22.8 Å². The molecule has 0 saturated carbocycles. The maximum Gasteiger partial charge on any atom is 0.573 e. The monoisotopic (exact) mass is 741 g/mol. The molecular weight excluding hydrogens is 724 g/mol. The van der Waals surface area contributed by atoms with E-state index in [-0.39, 0.29) is 32.7 Å². The Morgan fingerprint density at radius 2 is 1.76 bits per heavy atom. The smallest absolute Gasteiger partial charge is 0.404 e. The molecule has 11 nitrogen and oxygen atoms in total. The van der Waals surface area contributed by atoms with Gasteiger partial charge in [0.2, 0.25) is 10.0 Å². The molecule has 4 aromatic rings. The molecule has 0 spiro atoms. The molecule has 0 atom stereocenters. The molecule has 0 radical (unpaired) electrons. The van der Waals surface area contributed by atoms with Gasteiger partial charge in [0, 0.05) is 4.47 Å². The third kappa shape index (κ3) is 6.72. The lowest BCUT2D eigenvalue weighted by atomic mass is 10.1. The lowest BCUT2D eigenvalue weighted by molar-refractivity contribution is -0.275. The summed E-state index contributed by atoms with van der Waals surface area (Å²) in [5.41, 5.74) is -0.637. The number of alkyl halides is 6. The van der Waals surface area contributed by atoms with Gasteiger partial charge in [0.25, 0.3) is 5.91 Å². The van der Waals surface area contributed by atoms with E-state index >= 15 is 0 Å². The molecular formula is C25H18BrF6N5O6S2. The van der Waals surface area contributed by atoms with E-state index in [1.807, 2.05) is 4.72 Å². The van der Waals surface area contributed by atoms with Crippen LogP contribution in [0.3, 0.4) is 0 Å². The number of carbonyl (C=O) groups is 1. The first-order valence-electron chi connectivity index (χ1n) is 12.3. The van der Waals surface area contributed by atoms with Crippen molar-refractivity contribution in [2.75, 3.05) is 10.8 Å². The molecule has 1 aliphatic heterocycles. The standard InChI is InChI=1S/C25H18BrF6N5O6S2/c1-13-2-5-16(36-12-23(38)35-45(36,41)42)10-19(13)37-18-6-3-14(24(27,28)29)8-17(18)34-22(37)11-33-44(39,40)21-7-4-15(26)9-20(21)43-25(30,31)32/h2-10,33H,11-12H2,1H3,(H,35,38). The molecule has 0 aliphatic carbocycles. The Morgan fingerprint density at radius 1 is 1.04 bits per heavy atom. The number of halogens is 7. The maximum absolute atomic E-state index is 13.5. The van der Waals surface area contributed by atoms with Crippen LogP contribution >= 0.6 is 15.9 Å². The fraction of sp³-hybridized carbons (Fsp3) is 0.200. The van der Waals surface area contributed by atoms with Crippen LogP contribution in [0.4, 0.5) is 32.0 Å². The van der Waals surface area contributed by atoms with E-state index < -0.39 is 68.0 Å². The van der Waals surface area contributed by atoms with Crippen LogP contribution in [-0.2, 0) is 37.7 Å². The van der Waals surface area contributed by atoms with Crippen LogP contribution in [0.25, 0.3) is 16.7 Å². The average molecular weight is 742 g/mol. The summed E-state index contributed by atoms with van der Waals surface area (Å²) in [4.78, 5) is 15.1. The zero-order valence-electron chi connectivity index (χ0n) is 22.4. The van der Waals surface area contributed by atoms with Gasteiger partial charge in [-0.1, -0.05) is 22.0 Å². The van der Waals surface area contributed by atoms with Crippen molar-refractivity contribution in [3.8, 4) is 11.4 Å². The quantitative estimate of drug-likeness (QED) is 0.263. The summed E-state index contributed by atoms with van der Waals surface area (Å²) < 4.78 is 141. The summed E-state index contributed by atoms with van der Waals surface area (Å²) in [6, 6.07) is 9.54. The largest absolute Gasteiger partial charge is 0.573 e. The summed E-state index contributed by atoms with van der Waals surface area (Å²) in [6.07, 6.45) is -9.99. The van der Waals surface area contributed by atoms with Crippen LogP contribution in [0.15, 0.2) is 64.0 Å². The molecule has 1 aliphatic rings. The molecule has 1 saturated heterocycles. The van der Waals surface area contributed by atoms with Crippen molar-refractivity contribution in [3.63, 3.8) is 0 Å². The molecule has 2 heterocycles. The summed E-state index contributed by atoms with van der Waals surface area (Å²) in [5, 5.41) is 0. The van der Waals surface area contributed by atoms with Gasteiger partial charge in [0.1, 0.15) is 17.3 Å². The van der Waals surface area contributed by atoms with Crippen molar-refractivity contribution in [1.29, 1.82) is 0 Å². The zero-order valence-corrected chi connectivity index (χ0v) is 25.6. The van der Waals surface area contributed by atoms with Gasteiger partial charge in [-0.3, -0.25) is 9.36 Å². The Morgan fingerprint density at radius 3 is 2.38 bits per heavy atom. The van der Waals surface area contributed by atoms with Gasteiger partial charge in [0.05, 0.1) is 34.5 Å². The van der Waals surface area contributed by atoms with Crippen molar-refractivity contribution in [1.82, 2.24) is 19.0 Å². The molecule has 3 aromatic carbocycles. The fourth-order valence-corrected chi connectivity index (χ4v) is 7.08. The number of ether oxygens (including phenoxy) is 1. The average Bonchev–Trinajstić information content (AvgIpc) is 3.40. The Hall–Kier alpha value is -3.88. The van der Waals surface area contributed by atoms with Crippen LogP contribution < -0.4 is 18.5 Å². The number of nitrogens with one attached hydrogen (secondary N) is 2. The fourth-order valence-electron chi connectivity index (χ4n) is 4.51. The van der Waals surface area contributed by atoms with Crippen LogP contribution in [0.5, 0.6) is 5.75 Å². The van der Waals surface area contributed by atoms with Crippen molar-refractivity contribution in [2.45, 2.75) is 30.9 Å². The number of amides is 1. The molecule has 1 amide bonds. The Kier molecular flexibility index (Phi) is 8.07. The van der Waals surface area contributed by atoms with Crippen LogP contribution in [0.1, 0.15) is 17.0 Å². The third-order valence-electron chi connectivity index (χ3n) is 6.43. The summed E-state index contributed by atoms with van der Waals surface area (Å²) >= 11 is 2.95. The molecule has 1 fully saturated rings. The first-order valence-corrected chi connectivity index (χ1v) is 16.0. The van der Waals surface area contributed by atoms with E-state index in [4.69, 9.17) is 0 Å². The number of sulfonamides is 1. The zero-order chi connectivity index (χ0) is 33.1. The van der Waals surface area contributed by atoms with Crippen molar-refractivity contribution >= 4 is 58.8 Å². The Balaban J connectivity index is 1.63. The molecule has 45 heavy (non-hydrogen) atoms. The number of aromatic nitrogens is 2. The van der Waals surface area contributed by atoms with Crippen LogP contribution in [-0.4, -0.2) is 45.2 Å². The normalized spacial score (nSPS) is 15.5. The lowest BCUT2D eigenvalue weighted by Gasteiger charge is -2.19. The number of nitrogens with zero attached hydrogens (tertiary/aromatic N) is 3. The highest BCUT2D eigenvalue weighted by molar-refractivity contribution is 9.10. The SMILES string of the molecule is Cc1ccc(N2CC(=O)NS2(=O)=O)cc1-n1c(CNS(=O)(=O)c2ccc(Br)cc2OC(F)(F)F)nc2cc(C(F)(F)F)ccc21. The topological polar surface area (TPSA) is 140 Å². The minimum Gasteiger partial charge on any atom is -0.404 e. The molecule has 0 bridgehead atoms.